The summed E-state index contributed by atoms with van der Waals surface area (Å²) < 4.78 is 33.7. The van der Waals surface area contributed by atoms with Gasteiger partial charge in [0, 0.05) is 30.9 Å². The third kappa shape index (κ3) is 3.85. The third-order valence-electron chi connectivity index (χ3n) is 8.41. The predicted molar refractivity (Wildman–Crippen MR) is 128 cm³/mol. The highest BCUT2D eigenvalue weighted by Crippen LogP contribution is 2.71. The fraction of sp³-hybridized carbons (Fsp3) is 0.630. The Hall–Kier alpha value is -2.15. The molecule has 4 fully saturated rings. The maximum Gasteiger partial charge on any atom is 0.309 e. The van der Waals surface area contributed by atoms with Crippen molar-refractivity contribution in [3.05, 3.63) is 40.6 Å². The number of carboxylic acids is 1. The van der Waals surface area contributed by atoms with Crippen LogP contribution in [0.1, 0.15) is 71.8 Å². The van der Waals surface area contributed by atoms with Crippen LogP contribution in [-0.4, -0.2) is 40.0 Å². The van der Waals surface area contributed by atoms with E-state index in [-0.39, 0.29) is 36.5 Å². The van der Waals surface area contributed by atoms with E-state index in [2.05, 4.69) is 20.8 Å². The van der Waals surface area contributed by atoms with Crippen LogP contribution in [0.25, 0.3) is 0 Å². The van der Waals surface area contributed by atoms with E-state index >= 15 is 0 Å². The number of ether oxygens (including phenoxy) is 1. The van der Waals surface area contributed by atoms with Crippen LogP contribution in [0.5, 0.6) is 5.75 Å². The summed E-state index contributed by atoms with van der Waals surface area (Å²) in [6, 6.07) is 5.45. The largest absolute Gasteiger partial charge is 0.491 e. The number of amides is 1. The lowest BCUT2D eigenvalue weighted by atomic mass is 9.38. The van der Waals surface area contributed by atoms with Crippen molar-refractivity contribution in [3.63, 3.8) is 0 Å². The Bertz CT molecular complexity index is 1110. The summed E-state index contributed by atoms with van der Waals surface area (Å²) in [5.41, 5.74) is -0.448. The van der Waals surface area contributed by atoms with Crippen LogP contribution in [0.2, 0.25) is 5.02 Å². The van der Waals surface area contributed by atoms with E-state index in [1.807, 2.05) is 13.0 Å². The summed E-state index contributed by atoms with van der Waals surface area (Å²) in [4.78, 5) is 26.7. The number of hydrogen-bond acceptors (Lipinski definition) is 3. The second-order valence-corrected chi connectivity index (χ2v) is 13.1. The van der Waals surface area contributed by atoms with Gasteiger partial charge in [0.15, 0.2) is 0 Å². The molecule has 1 amide bonds. The molecule has 5 nitrogen and oxygen atoms in total. The van der Waals surface area contributed by atoms with E-state index in [4.69, 9.17) is 16.3 Å². The van der Waals surface area contributed by atoms with Crippen molar-refractivity contribution in [2.75, 3.05) is 6.61 Å². The molecule has 190 valence electrons. The normalized spacial score (nSPS) is 33.9. The topological polar surface area (TPSA) is 66.8 Å². The zero-order valence-corrected chi connectivity index (χ0v) is 21.3. The molecule has 0 saturated heterocycles. The van der Waals surface area contributed by atoms with Crippen LogP contribution in [0, 0.1) is 16.7 Å². The first-order valence-corrected chi connectivity index (χ1v) is 12.5. The summed E-state index contributed by atoms with van der Waals surface area (Å²) in [5.74, 6) is -3.43. The standard InChI is InChI=1S/C27H32ClF2NO4/c1-23(2,3)15-35-20-6-5-17(7-19(20)28)24(4)10-21(32)31(11-18(24)16-8-27(29,30)9-16)26-12-25(13-26,14-26)22(33)34/h5-7,11,16H,8-10,12-15H2,1-4H3,(H,33,34)/t24-,25?,26?/m0/s1. The molecule has 4 saturated carbocycles. The number of rotatable bonds is 6. The van der Waals surface area contributed by atoms with Gasteiger partial charge in [-0.05, 0) is 53.9 Å². The van der Waals surface area contributed by atoms with Gasteiger partial charge in [-0.1, -0.05) is 45.4 Å². The molecule has 0 aromatic heterocycles. The minimum absolute atomic E-state index is 0.0424. The van der Waals surface area contributed by atoms with Crippen LogP contribution < -0.4 is 4.74 Å². The molecule has 1 aromatic carbocycles. The quantitative estimate of drug-likeness (QED) is 0.498. The average molecular weight is 508 g/mol. The first kappa shape index (κ1) is 24.5. The fourth-order valence-electron chi connectivity index (χ4n) is 6.42. The monoisotopic (exact) mass is 507 g/mol. The summed E-state index contributed by atoms with van der Waals surface area (Å²) in [5, 5.41) is 9.91. The second kappa shape index (κ2) is 7.44. The summed E-state index contributed by atoms with van der Waals surface area (Å²) in [6.45, 7) is 8.59. The fourth-order valence-corrected chi connectivity index (χ4v) is 6.66. The summed E-state index contributed by atoms with van der Waals surface area (Å²) >= 11 is 6.57. The molecule has 1 heterocycles. The second-order valence-electron chi connectivity index (χ2n) is 12.7. The van der Waals surface area contributed by atoms with Crippen molar-refractivity contribution in [2.24, 2.45) is 16.7 Å². The molecule has 6 rings (SSSR count). The number of halogens is 3. The third-order valence-corrected chi connectivity index (χ3v) is 8.70. The lowest BCUT2D eigenvalue weighted by Crippen LogP contribution is -2.77. The lowest BCUT2D eigenvalue weighted by molar-refractivity contribution is -0.224. The van der Waals surface area contributed by atoms with Gasteiger partial charge in [-0.15, -0.1) is 0 Å². The van der Waals surface area contributed by atoms with Crippen molar-refractivity contribution in [1.82, 2.24) is 4.90 Å². The molecular weight excluding hydrogens is 476 g/mol. The maximum atomic E-state index is 13.9. The van der Waals surface area contributed by atoms with E-state index < -0.39 is 28.3 Å². The minimum atomic E-state index is -2.70. The Balaban J connectivity index is 1.46. The van der Waals surface area contributed by atoms with Gasteiger partial charge in [0.05, 0.1) is 22.6 Å². The van der Waals surface area contributed by atoms with Crippen molar-refractivity contribution in [1.29, 1.82) is 0 Å². The molecule has 5 aliphatic rings. The van der Waals surface area contributed by atoms with Crippen LogP contribution in [0.15, 0.2) is 30.0 Å². The smallest absolute Gasteiger partial charge is 0.309 e. The maximum absolute atomic E-state index is 13.9. The van der Waals surface area contributed by atoms with Gasteiger partial charge >= 0.3 is 5.97 Å². The van der Waals surface area contributed by atoms with E-state index in [9.17, 15) is 23.5 Å². The SMILES string of the molecule is CC(C)(C)COc1ccc([C@]2(C)CC(=O)N(C34CC(C(=O)O)(C3)C4)C=C2C2CC(F)(F)C2)cc1Cl. The number of carboxylic acid groups (broad SMARTS) is 1. The zero-order valence-electron chi connectivity index (χ0n) is 20.6. The van der Waals surface area contributed by atoms with Crippen LogP contribution in [0.3, 0.4) is 0 Å². The van der Waals surface area contributed by atoms with Gasteiger partial charge in [-0.3, -0.25) is 9.59 Å². The van der Waals surface area contributed by atoms with Crippen molar-refractivity contribution in [2.45, 2.75) is 83.1 Å². The van der Waals surface area contributed by atoms with Crippen molar-refractivity contribution < 1.29 is 28.2 Å². The molecule has 35 heavy (non-hydrogen) atoms. The number of alkyl halides is 2. The Morgan fingerprint density at radius 3 is 2.37 bits per heavy atom. The van der Waals surface area contributed by atoms with E-state index in [1.165, 1.54) is 0 Å². The van der Waals surface area contributed by atoms with Crippen molar-refractivity contribution >= 4 is 23.5 Å². The van der Waals surface area contributed by atoms with Gasteiger partial charge in [0.2, 0.25) is 11.8 Å². The molecule has 0 radical (unpaired) electrons. The molecule has 1 N–H and O–H groups in total. The van der Waals surface area contributed by atoms with Crippen LogP contribution in [-0.2, 0) is 15.0 Å². The van der Waals surface area contributed by atoms with Gasteiger partial charge in [0.25, 0.3) is 0 Å². The van der Waals surface area contributed by atoms with Crippen LogP contribution >= 0.6 is 11.6 Å². The first-order valence-electron chi connectivity index (χ1n) is 12.2. The van der Waals surface area contributed by atoms with E-state index in [0.29, 0.717) is 36.6 Å². The molecule has 0 unspecified atom stereocenters. The lowest BCUT2D eigenvalue weighted by Gasteiger charge is -2.71. The molecule has 1 atom stereocenters. The van der Waals surface area contributed by atoms with Crippen LogP contribution in [0.4, 0.5) is 8.78 Å². The Labute approximate surface area is 209 Å². The highest BCUT2D eigenvalue weighted by Gasteiger charge is 2.75. The van der Waals surface area contributed by atoms with Crippen molar-refractivity contribution in [3.8, 4) is 5.75 Å². The molecule has 0 spiro atoms. The summed E-state index contributed by atoms with van der Waals surface area (Å²) in [7, 11) is 0. The number of nitrogens with zero attached hydrogens (tertiary/aromatic N) is 1. The predicted octanol–water partition coefficient (Wildman–Crippen LogP) is 6.19. The Morgan fingerprint density at radius 2 is 1.86 bits per heavy atom. The number of carbonyl (C=O) groups excluding carboxylic acids is 1. The van der Waals surface area contributed by atoms with E-state index in [0.717, 1.165) is 11.1 Å². The first-order chi connectivity index (χ1) is 16.1. The highest BCUT2D eigenvalue weighted by molar-refractivity contribution is 6.32. The molecular formula is C27H32ClF2NO4. The number of hydrogen-bond donors (Lipinski definition) is 1. The molecule has 1 aliphatic heterocycles. The minimum Gasteiger partial charge on any atom is -0.491 e. The zero-order chi connectivity index (χ0) is 25.6. The Kier molecular flexibility index (Phi) is 5.21. The average Bonchev–Trinajstić information content (AvgIpc) is 2.63. The van der Waals surface area contributed by atoms with Gasteiger partial charge < -0.3 is 14.7 Å². The number of aliphatic carboxylic acids is 1. The van der Waals surface area contributed by atoms with Gasteiger partial charge in [0.1, 0.15) is 5.75 Å². The molecule has 8 heteroatoms. The Morgan fingerprint density at radius 1 is 1.23 bits per heavy atom. The summed E-state index contributed by atoms with van der Waals surface area (Å²) in [6.07, 6.45) is 2.68. The number of carbonyl (C=O) groups is 2. The number of benzene rings is 1. The number of allylic oxidation sites excluding steroid dienone is 1. The van der Waals surface area contributed by atoms with Gasteiger partial charge in [-0.2, -0.15) is 0 Å². The molecule has 2 bridgehead atoms. The van der Waals surface area contributed by atoms with Gasteiger partial charge in [-0.25, -0.2) is 8.78 Å². The molecule has 1 aromatic rings. The molecule has 4 aliphatic carbocycles. The van der Waals surface area contributed by atoms with E-state index in [1.54, 1.807) is 23.2 Å². The highest BCUT2D eigenvalue weighted by atomic mass is 35.5.